The standard InChI is InChI=1S/C18H25ClN2O4/c1-4-25-18(23)13-5-7-21(8-6-13)11-17(22)20-15-9-12(2)14(19)10-16(15)24-3/h9-10,13H,4-8,11H2,1-3H3,(H,20,22). The van der Waals surface area contributed by atoms with Gasteiger partial charge in [0.1, 0.15) is 5.75 Å². The molecule has 6 nitrogen and oxygen atoms in total. The van der Waals surface area contributed by atoms with Crippen LogP contribution < -0.4 is 10.1 Å². The Morgan fingerprint density at radius 3 is 2.60 bits per heavy atom. The lowest BCUT2D eigenvalue weighted by Crippen LogP contribution is -2.41. The number of hydrogen-bond donors (Lipinski definition) is 1. The Morgan fingerprint density at radius 1 is 1.32 bits per heavy atom. The number of carbonyl (C=O) groups excluding carboxylic acids is 2. The number of esters is 1. The fraction of sp³-hybridized carbons (Fsp3) is 0.556. The number of likely N-dealkylation sites (tertiary alicyclic amines) is 1. The third-order valence-corrected chi connectivity index (χ3v) is 4.74. The second-order valence-electron chi connectivity index (χ2n) is 6.15. The van der Waals surface area contributed by atoms with Crippen LogP contribution in [0.1, 0.15) is 25.3 Å². The summed E-state index contributed by atoms with van der Waals surface area (Å²) in [6.45, 7) is 5.77. The maximum Gasteiger partial charge on any atom is 0.309 e. The van der Waals surface area contributed by atoms with E-state index >= 15 is 0 Å². The zero-order chi connectivity index (χ0) is 18.4. The number of aryl methyl sites for hydroxylation is 1. The Labute approximate surface area is 153 Å². The molecular formula is C18H25ClN2O4. The van der Waals surface area contributed by atoms with Crippen LogP contribution in [0.15, 0.2) is 12.1 Å². The Morgan fingerprint density at radius 2 is 2.00 bits per heavy atom. The summed E-state index contributed by atoms with van der Waals surface area (Å²) in [6.07, 6.45) is 1.44. The summed E-state index contributed by atoms with van der Waals surface area (Å²) in [4.78, 5) is 26.1. The van der Waals surface area contributed by atoms with Crippen molar-refractivity contribution < 1.29 is 19.1 Å². The maximum atomic E-state index is 12.3. The van der Waals surface area contributed by atoms with E-state index in [0.29, 0.717) is 36.2 Å². The summed E-state index contributed by atoms with van der Waals surface area (Å²) in [5.41, 5.74) is 1.48. The van der Waals surface area contributed by atoms with Crippen LogP contribution in [0.5, 0.6) is 5.75 Å². The van der Waals surface area contributed by atoms with Crippen LogP contribution >= 0.6 is 11.6 Å². The van der Waals surface area contributed by atoms with E-state index in [-0.39, 0.29) is 24.3 Å². The van der Waals surface area contributed by atoms with Gasteiger partial charge < -0.3 is 14.8 Å². The SMILES string of the molecule is CCOC(=O)C1CCN(CC(=O)Nc2cc(C)c(Cl)cc2OC)CC1. The summed E-state index contributed by atoms with van der Waals surface area (Å²) in [6, 6.07) is 3.49. The third kappa shape index (κ3) is 5.34. The molecule has 138 valence electrons. The van der Waals surface area contributed by atoms with E-state index in [4.69, 9.17) is 21.1 Å². The summed E-state index contributed by atoms with van der Waals surface area (Å²) in [7, 11) is 1.54. The Hall–Kier alpha value is -1.79. The van der Waals surface area contributed by atoms with Crippen LogP contribution in [0.4, 0.5) is 5.69 Å². The van der Waals surface area contributed by atoms with Gasteiger partial charge >= 0.3 is 5.97 Å². The number of methoxy groups -OCH3 is 1. The van der Waals surface area contributed by atoms with E-state index < -0.39 is 0 Å². The first-order chi connectivity index (χ1) is 11.9. The number of rotatable bonds is 6. The van der Waals surface area contributed by atoms with Gasteiger partial charge in [-0.3, -0.25) is 14.5 Å². The molecule has 0 atom stereocenters. The molecule has 1 amide bonds. The lowest BCUT2D eigenvalue weighted by Gasteiger charge is -2.30. The molecule has 25 heavy (non-hydrogen) atoms. The minimum absolute atomic E-state index is 0.0572. The highest BCUT2D eigenvalue weighted by atomic mass is 35.5. The highest BCUT2D eigenvalue weighted by molar-refractivity contribution is 6.31. The summed E-state index contributed by atoms with van der Waals surface area (Å²) < 4.78 is 10.3. The molecule has 0 aromatic heterocycles. The van der Waals surface area contributed by atoms with Gasteiger partial charge in [0.2, 0.25) is 5.91 Å². The zero-order valence-corrected chi connectivity index (χ0v) is 15.7. The number of nitrogens with one attached hydrogen (secondary N) is 1. The highest BCUT2D eigenvalue weighted by Crippen LogP contribution is 2.31. The normalized spacial score (nSPS) is 15.7. The average Bonchev–Trinajstić information content (AvgIpc) is 2.58. The van der Waals surface area contributed by atoms with E-state index in [0.717, 1.165) is 18.4 Å². The van der Waals surface area contributed by atoms with Crippen molar-refractivity contribution >= 4 is 29.2 Å². The summed E-state index contributed by atoms with van der Waals surface area (Å²) in [5.74, 6) is 0.228. The summed E-state index contributed by atoms with van der Waals surface area (Å²) in [5, 5.41) is 3.47. The first-order valence-corrected chi connectivity index (χ1v) is 8.85. The molecule has 1 aliphatic rings. The molecule has 1 N–H and O–H groups in total. The molecule has 0 radical (unpaired) electrons. The average molecular weight is 369 g/mol. The van der Waals surface area contributed by atoms with Crippen molar-refractivity contribution in [1.29, 1.82) is 0 Å². The van der Waals surface area contributed by atoms with Gasteiger partial charge in [0, 0.05) is 11.1 Å². The van der Waals surface area contributed by atoms with E-state index in [9.17, 15) is 9.59 Å². The van der Waals surface area contributed by atoms with Gasteiger partial charge in [-0.1, -0.05) is 11.6 Å². The van der Waals surface area contributed by atoms with Crippen molar-refractivity contribution in [2.45, 2.75) is 26.7 Å². The number of benzene rings is 1. The molecule has 1 aliphatic heterocycles. The number of halogens is 1. The molecule has 1 saturated heterocycles. The molecule has 0 aliphatic carbocycles. The van der Waals surface area contributed by atoms with Crippen molar-refractivity contribution in [3.05, 3.63) is 22.7 Å². The predicted octanol–water partition coefficient (Wildman–Crippen LogP) is 2.87. The Balaban J connectivity index is 1.88. The second-order valence-corrected chi connectivity index (χ2v) is 6.56. The van der Waals surface area contributed by atoms with Gasteiger partial charge in [-0.05, 0) is 51.4 Å². The zero-order valence-electron chi connectivity index (χ0n) is 14.9. The van der Waals surface area contributed by atoms with Gasteiger partial charge in [0.25, 0.3) is 0 Å². The lowest BCUT2D eigenvalue weighted by atomic mass is 9.97. The van der Waals surface area contributed by atoms with Gasteiger partial charge in [-0.15, -0.1) is 0 Å². The van der Waals surface area contributed by atoms with Crippen molar-refractivity contribution in [1.82, 2.24) is 4.90 Å². The van der Waals surface area contributed by atoms with Crippen molar-refractivity contribution in [3.8, 4) is 5.75 Å². The van der Waals surface area contributed by atoms with Crippen molar-refractivity contribution in [2.75, 3.05) is 38.7 Å². The number of carbonyl (C=O) groups is 2. The smallest absolute Gasteiger partial charge is 0.309 e. The Kier molecular flexibility index (Phi) is 7.08. The van der Waals surface area contributed by atoms with Gasteiger partial charge in [-0.25, -0.2) is 0 Å². The van der Waals surface area contributed by atoms with E-state index in [1.54, 1.807) is 12.1 Å². The molecule has 1 fully saturated rings. The number of hydrogen-bond acceptors (Lipinski definition) is 5. The largest absolute Gasteiger partial charge is 0.495 e. The van der Waals surface area contributed by atoms with Crippen LogP contribution in [0, 0.1) is 12.8 Å². The first-order valence-electron chi connectivity index (χ1n) is 8.47. The number of ether oxygens (including phenoxy) is 2. The fourth-order valence-electron chi connectivity index (χ4n) is 2.91. The predicted molar refractivity (Wildman–Crippen MR) is 97.2 cm³/mol. The topological polar surface area (TPSA) is 67.9 Å². The van der Waals surface area contributed by atoms with Crippen LogP contribution in [0.2, 0.25) is 5.02 Å². The summed E-state index contributed by atoms with van der Waals surface area (Å²) >= 11 is 6.08. The lowest BCUT2D eigenvalue weighted by molar-refractivity contribution is -0.149. The fourth-order valence-corrected chi connectivity index (χ4v) is 3.06. The molecular weight excluding hydrogens is 344 g/mol. The highest BCUT2D eigenvalue weighted by Gasteiger charge is 2.26. The molecule has 1 heterocycles. The molecule has 0 bridgehead atoms. The number of piperidine rings is 1. The van der Waals surface area contributed by atoms with E-state index in [2.05, 4.69) is 5.32 Å². The van der Waals surface area contributed by atoms with Crippen LogP contribution in [0.3, 0.4) is 0 Å². The maximum absolute atomic E-state index is 12.3. The third-order valence-electron chi connectivity index (χ3n) is 4.33. The molecule has 1 aromatic rings. The van der Waals surface area contributed by atoms with Crippen molar-refractivity contribution in [2.24, 2.45) is 5.92 Å². The van der Waals surface area contributed by atoms with Gasteiger partial charge in [0.05, 0.1) is 31.9 Å². The van der Waals surface area contributed by atoms with E-state index in [1.807, 2.05) is 18.7 Å². The van der Waals surface area contributed by atoms with Gasteiger partial charge in [0.15, 0.2) is 0 Å². The molecule has 7 heteroatoms. The number of nitrogens with zero attached hydrogens (tertiary/aromatic N) is 1. The minimum atomic E-state index is -0.132. The van der Waals surface area contributed by atoms with Crippen molar-refractivity contribution in [3.63, 3.8) is 0 Å². The quantitative estimate of drug-likeness (QED) is 0.782. The van der Waals surface area contributed by atoms with E-state index in [1.165, 1.54) is 7.11 Å². The molecule has 2 rings (SSSR count). The van der Waals surface area contributed by atoms with Crippen LogP contribution in [-0.4, -0.2) is 50.1 Å². The van der Waals surface area contributed by atoms with Crippen LogP contribution in [-0.2, 0) is 14.3 Å². The van der Waals surface area contributed by atoms with Crippen LogP contribution in [0.25, 0.3) is 0 Å². The molecule has 0 saturated carbocycles. The molecule has 0 unspecified atom stereocenters. The minimum Gasteiger partial charge on any atom is -0.495 e. The second kappa shape index (κ2) is 9.06. The van der Waals surface area contributed by atoms with Gasteiger partial charge in [-0.2, -0.15) is 0 Å². The Bertz CT molecular complexity index is 628. The molecule has 0 spiro atoms. The first kappa shape index (κ1) is 19.5. The number of amides is 1. The molecule has 1 aromatic carbocycles. The number of anilines is 1. The monoisotopic (exact) mass is 368 g/mol.